The van der Waals surface area contributed by atoms with Crippen molar-refractivity contribution in [3.63, 3.8) is 0 Å². The molecule has 0 spiro atoms. The third kappa shape index (κ3) is 2.34. The summed E-state index contributed by atoms with van der Waals surface area (Å²) in [4.78, 5) is 16.4. The van der Waals surface area contributed by atoms with E-state index in [4.69, 9.17) is 9.94 Å². The third-order valence-electron chi connectivity index (χ3n) is 3.66. The van der Waals surface area contributed by atoms with Crippen LogP contribution < -0.4 is 0 Å². The summed E-state index contributed by atoms with van der Waals surface area (Å²) in [6, 6.07) is 1.90. The second-order valence-corrected chi connectivity index (χ2v) is 4.91. The van der Waals surface area contributed by atoms with Crippen LogP contribution in [0.25, 0.3) is 11.3 Å². The standard InChI is InChI=1S/C15H16N4O3/c1-2-22-15(20)14-12-4-3-10-9-16-6-5-11(10)13(12)18-19(14)8-7-17-21/h5-7,9,21H,2-4,8H2,1H3. The van der Waals surface area contributed by atoms with Crippen LogP contribution in [0.4, 0.5) is 0 Å². The van der Waals surface area contributed by atoms with Gasteiger partial charge in [0.2, 0.25) is 0 Å². The highest BCUT2D eigenvalue weighted by Crippen LogP contribution is 2.34. The van der Waals surface area contributed by atoms with Gasteiger partial charge >= 0.3 is 5.97 Å². The number of ether oxygens (including phenoxy) is 1. The Balaban J connectivity index is 2.13. The summed E-state index contributed by atoms with van der Waals surface area (Å²) in [6.45, 7) is 2.27. The monoisotopic (exact) mass is 300 g/mol. The molecular weight excluding hydrogens is 284 g/mol. The average molecular weight is 300 g/mol. The zero-order valence-electron chi connectivity index (χ0n) is 12.2. The molecule has 0 unspecified atom stereocenters. The predicted molar refractivity (Wildman–Crippen MR) is 79.1 cm³/mol. The summed E-state index contributed by atoms with van der Waals surface area (Å²) in [5, 5.41) is 16.1. The molecular formula is C15H16N4O3. The van der Waals surface area contributed by atoms with Gasteiger partial charge in [0.05, 0.1) is 25.1 Å². The van der Waals surface area contributed by atoms with Gasteiger partial charge in [0.15, 0.2) is 5.69 Å². The molecule has 3 rings (SSSR count). The number of esters is 1. The van der Waals surface area contributed by atoms with Gasteiger partial charge in [0.1, 0.15) is 0 Å². The van der Waals surface area contributed by atoms with Crippen LogP contribution in [0.1, 0.15) is 28.5 Å². The van der Waals surface area contributed by atoms with Gasteiger partial charge in [-0.1, -0.05) is 0 Å². The van der Waals surface area contributed by atoms with E-state index in [1.54, 1.807) is 13.1 Å². The highest BCUT2D eigenvalue weighted by molar-refractivity contribution is 5.92. The SMILES string of the molecule is CCOC(=O)c1c2c(nn1CC=NO)-c1ccncc1CC2. The molecule has 0 radical (unpaired) electrons. The molecule has 0 fully saturated rings. The Hall–Kier alpha value is -2.70. The van der Waals surface area contributed by atoms with E-state index < -0.39 is 5.97 Å². The Morgan fingerprint density at radius 3 is 3.18 bits per heavy atom. The van der Waals surface area contributed by atoms with Crippen molar-refractivity contribution in [2.24, 2.45) is 5.16 Å². The molecule has 0 amide bonds. The first-order chi connectivity index (χ1) is 10.8. The number of hydrogen-bond donors (Lipinski definition) is 1. The Labute approximate surface area is 127 Å². The van der Waals surface area contributed by atoms with Crippen LogP contribution in [0.5, 0.6) is 0 Å². The molecule has 2 aromatic heterocycles. The van der Waals surface area contributed by atoms with Gasteiger partial charge in [-0.25, -0.2) is 4.79 Å². The molecule has 0 bridgehead atoms. The molecule has 1 aliphatic rings. The van der Waals surface area contributed by atoms with Gasteiger partial charge in [0.25, 0.3) is 0 Å². The first kappa shape index (κ1) is 14.2. The first-order valence-electron chi connectivity index (χ1n) is 7.12. The van der Waals surface area contributed by atoms with Crippen molar-refractivity contribution in [3.8, 4) is 11.3 Å². The van der Waals surface area contributed by atoms with Gasteiger partial charge in [-0.15, -0.1) is 5.16 Å². The highest BCUT2D eigenvalue weighted by atomic mass is 16.5. The lowest BCUT2D eigenvalue weighted by atomic mass is 9.90. The number of aryl methyl sites for hydroxylation is 1. The largest absolute Gasteiger partial charge is 0.461 e. The maximum atomic E-state index is 12.3. The Bertz CT molecular complexity index is 736. The molecule has 0 saturated carbocycles. The van der Waals surface area contributed by atoms with Crippen LogP contribution in [0, 0.1) is 0 Å². The lowest BCUT2D eigenvalue weighted by molar-refractivity contribution is 0.0511. The fourth-order valence-corrected chi connectivity index (χ4v) is 2.74. The smallest absolute Gasteiger partial charge is 0.356 e. The molecule has 22 heavy (non-hydrogen) atoms. The number of rotatable bonds is 4. The van der Waals surface area contributed by atoms with Crippen molar-refractivity contribution in [1.29, 1.82) is 0 Å². The van der Waals surface area contributed by atoms with E-state index in [0.29, 0.717) is 18.7 Å². The molecule has 114 valence electrons. The lowest BCUT2D eigenvalue weighted by Gasteiger charge is -2.14. The van der Waals surface area contributed by atoms with E-state index in [1.165, 1.54) is 10.9 Å². The van der Waals surface area contributed by atoms with Crippen LogP contribution in [0.15, 0.2) is 23.6 Å². The van der Waals surface area contributed by atoms with Crippen LogP contribution in [-0.4, -0.2) is 38.8 Å². The molecule has 0 aromatic carbocycles. The Morgan fingerprint density at radius 2 is 2.41 bits per heavy atom. The van der Waals surface area contributed by atoms with Crippen molar-refractivity contribution in [2.75, 3.05) is 6.61 Å². The minimum absolute atomic E-state index is 0.206. The van der Waals surface area contributed by atoms with E-state index in [9.17, 15) is 4.79 Å². The van der Waals surface area contributed by atoms with E-state index in [1.807, 2.05) is 12.3 Å². The number of nitrogens with zero attached hydrogens (tertiary/aromatic N) is 4. The summed E-state index contributed by atoms with van der Waals surface area (Å²) in [5.74, 6) is -0.403. The number of aromatic nitrogens is 3. The van der Waals surface area contributed by atoms with Crippen molar-refractivity contribution in [2.45, 2.75) is 26.3 Å². The molecule has 2 heterocycles. The topological polar surface area (TPSA) is 89.6 Å². The minimum atomic E-state index is -0.403. The summed E-state index contributed by atoms with van der Waals surface area (Å²) in [6.07, 6.45) is 6.35. The van der Waals surface area contributed by atoms with Gasteiger partial charge in [-0.3, -0.25) is 9.67 Å². The van der Waals surface area contributed by atoms with Crippen molar-refractivity contribution in [3.05, 3.63) is 35.3 Å². The number of pyridine rings is 1. The maximum Gasteiger partial charge on any atom is 0.356 e. The van der Waals surface area contributed by atoms with Gasteiger partial charge in [-0.05, 0) is 31.4 Å². The normalized spacial score (nSPS) is 13.0. The minimum Gasteiger partial charge on any atom is -0.461 e. The Kier molecular flexibility index (Phi) is 3.86. The fourth-order valence-electron chi connectivity index (χ4n) is 2.74. The second kappa shape index (κ2) is 5.97. The number of carbonyl (C=O) groups excluding carboxylic acids is 1. The molecule has 0 saturated heterocycles. The van der Waals surface area contributed by atoms with Crippen molar-refractivity contribution in [1.82, 2.24) is 14.8 Å². The van der Waals surface area contributed by atoms with Gasteiger partial charge in [-0.2, -0.15) is 5.10 Å². The fraction of sp³-hybridized carbons (Fsp3) is 0.333. The van der Waals surface area contributed by atoms with E-state index in [2.05, 4.69) is 15.2 Å². The Morgan fingerprint density at radius 1 is 1.55 bits per heavy atom. The number of fused-ring (bicyclic) bond motifs is 3. The second-order valence-electron chi connectivity index (χ2n) is 4.91. The molecule has 7 nitrogen and oxygen atoms in total. The highest BCUT2D eigenvalue weighted by Gasteiger charge is 2.28. The molecule has 0 aliphatic heterocycles. The maximum absolute atomic E-state index is 12.3. The van der Waals surface area contributed by atoms with E-state index in [-0.39, 0.29) is 6.54 Å². The zero-order valence-corrected chi connectivity index (χ0v) is 12.2. The molecule has 0 atom stereocenters. The number of carbonyl (C=O) groups is 1. The molecule has 7 heteroatoms. The van der Waals surface area contributed by atoms with Crippen molar-refractivity contribution >= 4 is 12.2 Å². The van der Waals surface area contributed by atoms with Gasteiger partial charge < -0.3 is 9.94 Å². The van der Waals surface area contributed by atoms with Crippen LogP contribution in [-0.2, 0) is 24.1 Å². The summed E-state index contributed by atoms with van der Waals surface area (Å²) in [7, 11) is 0. The molecule has 1 aliphatic carbocycles. The van der Waals surface area contributed by atoms with Gasteiger partial charge in [0, 0.05) is 23.5 Å². The molecule has 2 aromatic rings. The van der Waals surface area contributed by atoms with E-state index >= 15 is 0 Å². The van der Waals surface area contributed by atoms with Crippen LogP contribution in [0.3, 0.4) is 0 Å². The van der Waals surface area contributed by atoms with E-state index in [0.717, 1.165) is 28.8 Å². The van der Waals surface area contributed by atoms with Crippen molar-refractivity contribution < 1.29 is 14.7 Å². The molecule has 1 N–H and O–H groups in total. The zero-order chi connectivity index (χ0) is 15.5. The first-order valence-corrected chi connectivity index (χ1v) is 7.12. The quantitative estimate of drug-likeness (QED) is 0.401. The summed E-state index contributed by atoms with van der Waals surface area (Å²) in [5.41, 5.74) is 4.19. The number of oxime groups is 1. The lowest BCUT2D eigenvalue weighted by Crippen LogP contribution is -2.16. The summed E-state index contributed by atoms with van der Waals surface area (Å²) < 4.78 is 6.67. The predicted octanol–water partition coefficient (Wildman–Crippen LogP) is 1.68. The van der Waals surface area contributed by atoms with Crippen LogP contribution >= 0.6 is 0 Å². The van der Waals surface area contributed by atoms with Crippen LogP contribution in [0.2, 0.25) is 0 Å². The third-order valence-corrected chi connectivity index (χ3v) is 3.66. The average Bonchev–Trinajstić information content (AvgIpc) is 2.92. The summed E-state index contributed by atoms with van der Waals surface area (Å²) >= 11 is 0. The number of hydrogen-bond acceptors (Lipinski definition) is 6.